The largest absolute Gasteiger partial charge is 0.503 e. The summed E-state index contributed by atoms with van der Waals surface area (Å²) >= 11 is 0.933. The van der Waals surface area contributed by atoms with Gasteiger partial charge in [0.1, 0.15) is 0 Å². The van der Waals surface area contributed by atoms with E-state index in [4.69, 9.17) is 0 Å². The third-order valence-electron chi connectivity index (χ3n) is 4.56. The monoisotopic (exact) mass is 493 g/mol. The molecule has 0 aliphatic carbocycles. The molecule has 0 unspecified atom stereocenters. The molecule has 4 rings (SSSR count). The van der Waals surface area contributed by atoms with Gasteiger partial charge in [0.15, 0.2) is 22.4 Å². The third-order valence-corrected chi connectivity index (χ3v) is 6.96. The highest BCUT2D eigenvalue weighted by Gasteiger charge is 2.24. The van der Waals surface area contributed by atoms with Gasteiger partial charge in [-0.2, -0.15) is 12.8 Å². The van der Waals surface area contributed by atoms with E-state index in [-0.39, 0.29) is 15.6 Å². The number of anilines is 1. The summed E-state index contributed by atoms with van der Waals surface area (Å²) in [7, 11) is -2.28. The Hall–Kier alpha value is -3.64. The van der Waals surface area contributed by atoms with E-state index in [0.29, 0.717) is 16.5 Å². The molecule has 0 fully saturated rings. The van der Waals surface area contributed by atoms with Crippen molar-refractivity contribution in [2.75, 3.05) is 4.72 Å². The SMILES string of the molecule is Cn1cnc(S(=O)(=O)Nc2cccc(-c3ccc(C(=O)c4cc(F)c(F)c(O)c4F)s3)c2)c1. The molecule has 170 valence electrons. The third kappa shape index (κ3) is 4.34. The number of imidazole rings is 1. The molecule has 2 aromatic carbocycles. The molecule has 0 aliphatic heterocycles. The van der Waals surface area contributed by atoms with Gasteiger partial charge in [-0.15, -0.1) is 11.3 Å². The zero-order valence-corrected chi connectivity index (χ0v) is 18.3. The number of halogens is 3. The Morgan fingerprint density at radius 1 is 1.12 bits per heavy atom. The van der Waals surface area contributed by atoms with Crippen molar-refractivity contribution in [3.63, 3.8) is 0 Å². The van der Waals surface area contributed by atoms with Crippen LogP contribution in [-0.4, -0.2) is 28.9 Å². The number of benzene rings is 2. The zero-order chi connectivity index (χ0) is 23.9. The van der Waals surface area contributed by atoms with Gasteiger partial charge in [-0.1, -0.05) is 12.1 Å². The van der Waals surface area contributed by atoms with Crippen LogP contribution in [0.2, 0.25) is 0 Å². The first-order valence-corrected chi connectivity index (χ1v) is 11.5. The number of thiophene rings is 1. The normalized spacial score (nSPS) is 11.5. The first-order chi connectivity index (χ1) is 15.6. The lowest BCUT2D eigenvalue weighted by molar-refractivity contribution is 0.103. The van der Waals surface area contributed by atoms with Crippen molar-refractivity contribution in [3.05, 3.63) is 82.9 Å². The number of hydrogen-bond donors (Lipinski definition) is 2. The van der Waals surface area contributed by atoms with Gasteiger partial charge < -0.3 is 9.67 Å². The van der Waals surface area contributed by atoms with E-state index < -0.39 is 44.6 Å². The Morgan fingerprint density at radius 2 is 1.88 bits per heavy atom. The Balaban J connectivity index is 1.62. The van der Waals surface area contributed by atoms with Crippen LogP contribution in [0.15, 0.2) is 60.0 Å². The number of aryl methyl sites for hydroxylation is 1. The molecule has 0 bridgehead atoms. The van der Waals surface area contributed by atoms with E-state index >= 15 is 0 Å². The van der Waals surface area contributed by atoms with Gasteiger partial charge in [0.05, 0.1) is 16.8 Å². The van der Waals surface area contributed by atoms with Crippen LogP contribution >= 0.6 is 11.3 Å². The van der Waals surface area contributed by atoms with Crippen molar-refractivity contribution in [2.45, 2.75) is 5.03 Å². The second kappa shape index (κ2) is 8.37. The molecule has 33 heavy (non-hydrogen) atoms. The smallest absolute Gasteiger partial charge is 0.280 e. The minimum Gasteiger partial charge on any atom is -0.503 e. The van der Waals surface area contributed by atoms with Gasteiger partial charge in [0.25, 0.3) is 10.0 Å². The van der Waals surface area contributed by atoms with Crippen molar-refractivity contribution in [2.24, 2.45) is 7.05 Å². The maximum atomic E-state index is 14.1. The van der Waals surface area contributed by atoms with E-state index in [1.54, 1.807) is 25.2 Å². The summed E-state index contributed by atoms with van der Waals surface area (Å²) in [6.45, 7) is 0. The summed E-state index contributed by atoms with van der Waals surface area (Å²) in [6, 6.07) is 9.63. The van der Waals surface area contributed by atoms with Gasteiger partial charge in [-0.3, -0.25) is 9.52 Å². The molecule has 2 aromatic heterocycles. The fraction of sp³-hybridized carbons (Fsp3) is 0.0476. The molecule has 0 spiro atoms. The predicted octanol–water partition coefficient (Wildman–Crippen LogP) is 4.30. The number of aromatic nitrogens is 2. The summed E-state index contributed by atoms with van der Waals surface area (Å²) in [5, 5.41) is 9.20. The van der Waals surface area contributed by atoms with Crippen LogP contribution in [0, 0.1) is 17.5 Å². The van der Waals surface area contributed by atoms with Crippen LogP contribution in [0.5, 0.6) is 5.75 Å². The molecule has 0 saturated carbocycles. The van der Waals surface area contributed by atoms with Crippen LogP contribution in [0.3, 0.4) is 0 Å². The second-order valence-corrected chi connectivity index (χ2v) is 9.65. The zero-order valence-electron chi connectivity index (χ0n) is 16.7. The van der Waals surface area contributed by atoms with Gasteiger partial charge in [-0.25, -0.2) is 13.8 Å². The maximum Gasteiger partial charge on any atom is 0.280 e. The highest BCUT2D eigenvalue weighted by molar-refractivity contribution is 7.92. The molecule has 0 radical (unpaired) electrons. The molecule has 4 aromatic rings. The number of phenols is 1. The standard InChI is InChI=1S/C21H14F3N3O4S2/c1-27-9-17(25-10-27)33(30,31)26-12-4-2-3-11(7-12)15-5-6-16(32-15)20(28)13-8-14(22)19(24)21(29)18(13)23/h2-10,26,29H,1H3. The molecule has 0 atom stereocenters. The van der Waals surface area contributed by atoms with Crippen LogP contribution < -0.4 is 4.72 Å². The Bertz CT molecular complexity index is 1500. The highest BCUT2D eigenvalue weighted by Crippen LogP contribution is 2.33. The molecule has 7 nitrogen and oxygen atoms in total. The van der Waals surface area contributed by atoms with E-state index in [9.17, 15) is 31.5 Å². The number of rotatable bonds is 6. The number of hydrogen-bond acceptors (Lipinski definition) is 6. The molecular weight excluding hydrogens is 479 g/mol. The maximum absolute atomic E-state index is 14.1. The van der Waals surface area contributed by atoms with Crippen LogP contribution in [-0.2, 0) is 17.1 Å². The average molecular weight is 493 g/mol. The molecule has 0 amide bonds. The number of nitrogens with one attached hydrogen (secondary N) is 1. The summed E-state index contributed by atoms with van der Waals surface area (Å²) in [6.07, 6.45) is 2.70. The van der Waals surface area contributed by atoms with Gasteiger partial charge in [0.2, 0.25) is 11.6 Å². The van der Waals surface area contributed by atoms with Crippen molar-refractivity contribution in [3.8, 4) is 16.2 Å². The van der Waals surface area contributed by atoms with Crippen LogP contribution in [0.4, 0.5) is 18.9 Å². The number of sulfonamides is 1. The fourth-order valence-electron chi connectivity index (χ4n) is 2.97. The lowest BCUT2D eigenvalue weighted by Gasteiger charge is -2.07. The molecule has 2 N–H and O–H groups in total. The Morgan fingerprint density at radius 3 is 2.58 bits per heavy atom. The second-order valence-electron chi connectivity index (χ2n) is 6.94. The number of carbonyl (C=O) groups is 1. The van der Waals surface area contributed by atoms with E-state index in [2.05, 4.69) is 9.71 Å². The number of phenolic OH excluding ortho intramolecular Hbond substituents is 1. The van der Waals surface area contributed by atoms with Crippen molar-refractivity contribution >= 4 is 32.8 Å². The molecule has 12 heteroatoms. The lowest BCUT2D eigenvalue weighted by atomic mass is 10.1. The fourth-order valence-corrected chi connectivity index (χ4v) is 4.96. The summed E-state index contributed by atoms with van der Waals surface area (Å²) in [5.41, 5.74) is -0.0125. The molecule has 2 heterocycles. The Kier molecular flexibility index (Phi) is 5.72. The van der Waals surface area contributed by atoms with Gasteiger partial charge >= 0.3 is 0 Å². The predicted molar refractivity (Wildman–Crippen MR) is 115 cm³/mol. The number of ketones is 1. The molecular formula is C21H14F3N3O4S2. The average Bonchev–Trinajstić information content (AvgIpc) is 3.44. The summed E-state index contributed by atoms with van der Waals surface area (Å²) in [4.78, 5) is 17.0. The van der Waals surface area contributed by atoms with Crippen molar-refractivity contribution in [1.29, 1.82) is 0 Å². The number of nitrogens with zero attached hydrogens (tertiary/aromatic N) is 2. The lowest BCUT2D eigenvalue weighted by Crippen LogP contribution is -2.13. The van der Waals surface area contributed by atoms with Gasteiger partial charge in [0, 0.05) is 23.8 Å². The first kappa shape index (κ1) is 22.6. The van der Waals surface area contributed by atoms with Crippen LogP contribution in [0.25, 0.3) is 10.4 Å². The number of carbonyl (C=O) groups excluding carboxylic acids is 1. The quantitative estimate of drug-likeness (QED) is 0.308. The molecule has 0 saturated heterocycles. The van der Waals surface area contributed by atoms with Gasteiger partial charge in [-0.05, 0) is 35.9 Å². The summed E-state index contributed by atoms with van der Waals surface area (Å²) < 4.78 is 69.8. The minimum atomic E-state index is -3.92. The van der Waals surface area contributed by atoms with E-state index in [0.717, 1.165) is 11.3 Å². The van der Waals surface area contributed by atoms with Crippen molar-refractivity contribution in [1.82, 2.24) is 9.55 Å². The summed E-state index contributed by atoms with van der Waals surface area (Å²) in [5.74, 6) is -7.39. The van der Waals surface area contributed by atoms with Crippen LogP contribution in [0.1, 0.15) is 15.2 Å². The topological polar surface area (TPSA) is 101 Å². The highest BCUT2D eigenvalue weighted by atomic mass is 32.2. The van der Waals surface area contributed by atoms with Crippen molar-refractivity contribution < 1.29 is 31.5 Å². The Labute approximate surface area is 189 Å². The van der Waals surface area contributed by atoms with E-state index in [1.807, 2.05) is 0 Å². The molecule has 0 aliphatic rings. The number of aromatic hydroxyl groups is 1. The first-order valence-electron chi connectivity index (χ1n) is 9.19. The minimum absolute atomic E-state index is 0.00813. The van der Waals surface area contributed by atoms with E-state index in [1.165, 1.54) is 35.3 Å².